The molecule has 3 atom stereocenters. The quantitative estimate of drug-likeness (QED) is 0.819. The first-order valence-corrected chi connectivity index (χ1v) is 8.67. The molecule has 1 fully saturated rings. The molecular formula is C22H16FN3O. The van der Waals surface area contributed by atoms with Gasteiger partial charge in [0.15, 0.2) is 11.2 Å². The van der Waals surface area contributed by atoms with Gasteiger partial charge in [-0.15, -0.1) is 0 Å². The Morgan fingerprint density at radius 3 is 2.41 bits per heavy atom. The van der Waals surface area contributed by atoms with E-state index in [2.05, 4.69) is 12.1 Å². The first kappa shape index (κ1) is 17.0. The topological polar surface area (TPSA) is 67.9 Å². The Kier molecular flexibility index (Phi) is 3.82. The van der Waals surface area contributed by atoms with Crippen LogP contribution in [0.25, 0.3) is 6.08 Å². The van der Waals surface area contributed by atoms with E-state index in [0.717, 1.165) is 11.3 Å². The number of fused-ring (bicyclic) bond motifs is 3. The van der Waals surface area contributed by atoms with Crippen LogP contribution in [-0.2, 0) is 4.79 Å². The molecule has 0 amide bonds. The Labute approximate surface area is 156 Å². The normalized spacial score (nSPS) is 24.4. The smallest absolute Gasteiger partial charge is 0.176 e. The zero-order valence-electron chi connectivity index (χ0n) is 14.6. The summed E-state index contributed by atoms with van der Waals surface area (Å²) in [5, 5.41) is 20.1. The number of carbonyl (C=O) groups excluding carboxylic acids is 1. The molecule has 0 unspecified atom stereocenters. The molecule has 0 saturated carbocycles. The van der Waals surface area contributed by atoms with E-state index in [9.17, 15) is 19.7 Å². The first-order valence-electron chi connectivity index (χ1n) is 8.67. The molecule has 2 aromatic carbocycles. The fourth-order valence-electron chi connectivity index (χ4n) is 4.43. The van der Waals surface area contributed by atoms with Crippen LogP contribution < -0.4 is 4.90 Å². The number of Topliss-reactive ketones (excluding diaryl/α,β-unsaturated/α-hetero) is 1. The van der Waals surface area contributed by atoms with Gasteiger partial charge in [0.2, 0.25) is 0 Å². The van der Waals surface area contributed by atoms with Gasteiger partial charge in [-0.1, -0.05) is 42.5 Å². The molecule has 2 heterocycles. The SMILES string of the molecule is CC(=O)[C@H]1[C@H](c2ccc(F)cc2)C(C#N)(C#N)[C@H]2C=Cc3ccccc3N12. The fourth-order valence-corrected chi connectivity index (χ4v) is 4.43. The van der Waals surface area contributed by atoms with E-state index >= 15 is 0 Å². The molecule has 0 bridgehead atoms. The number of nitriles is 2. The maximum Gasteiger partial charge on any atom is 0.176 e. The van der Waals surface area contributed by atoms with Crippen molar-refractivity contribution in [2.75, 3.05) is 4.90 Å². The number of anilines is 1. The Morgan fingerprint density at radius 2 is 1.78 bits per heavy atom. The summed E-state index contributed by atoms with van der Waals surface area (Å²) in [6.07, 6.45) is 3.72. The molecule has 4 rings (SSSR count). The second-order valence-electron chi connectivity index (χ2n) is 6.95. The maximum absolute atomic E-state index is 13.5. The minimum absolute atomic E-state index is 0.133. The molecular weight excluding hydrogens is 341 g/mol. The Balaban J connectivity index is 1.99. The maximum atomic E-state index is 13.5. The molecule has 27 heavy (non-hydrogen) atoms. The van der Waals surface area contributed by atoms with Crippen molar-refractivity contribution in [2.24, 2.45) is 5.41 Å². The Morgan fingerprint density at radius 1 is 1.11 bits per heavy atom. The van der Waals surface area contributed by atoms with Crippen molar-refractivity contribution in [1.82, 2.24) is 0 Å². The lowest BCUT2D eigenvalue weighted by Crippen LogP contribution is -2.43. The van der Waals surface area contributed by atoms with Gasteiger partial charge >= 0.3 is 0 Å². The van der Waals surface area contributed by atoms with E-state index in [4.69, 9.17) is 0 Å². The van der Waals surface area contributed by atoms with Gasteiger partial charge in [-0.05, 0) is 36.2 Å². The van der Waals surface area contributed by atoms with Crippen LogP contribution >= 0.6 is 0 Å². The Bertz CT molecular complexity index is 1010. The largest absolute Gasteiger partial charge is 0.351 e. The lowest BCUT2D eigenvalue weighted by Gasteiger charge is -2.35. The van der Waals surface area contributed by atoms with Crippen molar-refractivity contribution < 1.29 is 9.18 Å². The van der Waals surface area contributed by atoms with Crippen molar-refractivity contribution in [3.63, 3.8) is 0 Å². The van der Waals surface area contributed by atoms with Gasteiger partial charge in [0.05, 0.1) is 24.2 Å². The highest BCUT2D eigenvalue weighted by molar-refractivity contribution is 5.91. The van der Waals surface area contributed by atoms with Crippen molar-refractivity contribution in [3.05, 3.63) is 71.6 Å². The zero-order chi connectivity index (χ0) is 19.2. The van der Waals surface area contributed by atoms with Gasteiger partial charge in [0.1, 0.15) is 5.82 Å². The molecule has 0 aliphatic carbocycles. The second-order valence-corrected chi connectivity index (χ2v) is 6.95. The molecule has 132 valence electrons. The summed E-state index contributed by atoms with van der Waals surface area (Å²) in [6.45, 7) is 1.48. The predicted molar refractivity (Wildman–Crippen MR) is 99.0 cm³/mol. The number of carbonyl (C=O) groups is 1. The van der Waals surface area contributed by atoms with E-state index in [1.165, 1.54) is 19.1 Å². The number of para-hydroxylation sites is 1. The summed E-state index contributed by atoms with van der Waals surface area (Å²) >= 11 is 0. The molecule has 2 aromatic rings. The third-order valence-corrected chi connectivity index (χ3v) is 5.56. The van der Waals surface area contributed by atoms with Crippen molar-refractivity contribution in [2.45, 2.75) is 24.9 Å². The van der Waals surface area contributed by atoms with Crippen LogP contribution in [0.1, 0.15) is 24.0 Å². The third-order valence-electron chi connectivity index (χ3n) is 5.56. The van der Waals surface area contributed by atoms with Gasteiger partial charge in [0.25, 0.3) is 0 Å². The number of nitrogens with zero attached hydrogens (tertiary/aromatic N) is 3. The molecule has 2 aliphatic rings. The van der Waals surface area contributed by atoms with Gasteiger partial charge in [-0.2, -0.15) is 10.5 Å². The fraction of sp³-hybridized carbons (Fsp3) is 0.227. The molecule has 0 spiro atoms. The highest BCUT2D eigenvalue weighted by Crippen LogP contribution is 2.54. The minimum atomic E-state index is -1.46. The molecule has 5 heteroatoms. The second kappa shape index (κ2) is 6.07. The number of hydrogen-bond acceptors (Lipinski definition) is 4. The van der Waals surface area contributed by atoms with Crippen LogP contribution in [0.3, 0.4) is 0 Å². The van der Waals surface area contributed by atoms with Gasteiger partial charge < -0.3 is 4.90 Å². The molecule has 0 radical (unpaired) electrons. The van der Waals surface area contributed by atoms with Crippen LogP contribution in [0.15, 0.2) is 54.6 Å². The van der Waals surface area contributed by atoms with E-state index in [1.54, 1.807) is 12.1 Å². The predicted octanol–water partition coefficient (Wildman–Crippen LogP) is 3.82. The molecule has 0 N–H and O–H groups in total. The third kappa shape index (κ3) is 2.29. The van der Waals surface area contributed by atoms with Crippen LogP contribution in [0.2, 0.25) is 0 Å². The van der Waals surface area contributed by atoms with Crippen molar-refractivity contribution in [3.8, 4) is 12.1 Å². The lowest BCUT2D eigenvalue weighted by molar-refractivity contribution is -0.118. The highest BCUT2D eigenvalue weighted by Gasteiger charge is 2.62. The highest BCUT2D eigenvalue weighted by atomic mass is 19.1. The van der Waals surface area contributed by atoms with E-state index in [-0.39, 0.29) is 5.78 Å². The van der Waals surface area contributed by atoms with E-state index < -0.39 is 29.2 Å². The summed E-state index contributed by atoms with van der Waals surface area (Å²) in [4.78, 5) is 14.6. The zero-order valence-corrected chi connectivity index (χ0v) is 14.6. The lowest BCUT2D eigenvalue weighted by atomic mass is 9.69. The average molecular weight is 357 g/mol. The van der Waals surface area contributed by atoms with E-state index in [1.807, 2.05) is 41.3 Å². The van der Waals surface area contributed by atoms with Gasteiger partial charge in [-0.3, -0.25) is 4.79 Å². The summed E-state index contributed by atoms with van der Waals surface area (Å²) in [5.74, 6) is -1.23. The van der Waals surface area contributed by atoms with Crippen LogP contribution in [0, 0.1) is 33.9 Å². The van der Waals surface area contributed by atoms with Gasteiger partial charge in [-0.25, -0.2) is 4.39 Å². The molecule has 0 aromatic heterocycles. The number of rotatable bonds is 2. The average Bonchev–Trinajstić information content (AvgIpc) is 3.00. The van der Waals surface area contributed by atoms with Crippen molar-refractivity contribution >= 4 is 17.5 Å². The van der Waals surface area contributed by atoms with Crippen molar-refractivity contribution in [1.29, 1.82) is 10.5 Å². The molecule has 1 saturated heterocycles. The summed E-state index contributed by atoms with van der Waals surface area (Å²) < 4.78 is 13.5. The summed E-state index contributed by atoms with van der Waals surface area (Å²) in [7, 11) is 0. The van der Waals surface area contributed by atoms with Crippen LogP contribution in [0.5, 0.6) is 0 Å². The van der Waals surface area contributed by atoms with Gasteiger partial charge in [0, 0.05) is 11.6 Å². The number of halogens is 1. The standard InChI is InChI=1S/C22H16FN3O/c1-14(27)21-20(16-6-9-17(23)10-7-16)22(12-24,13-25)19-11-8-15-4-2-3-5-18(15)26(19)21/h2-11,19-21H,1H3/t19-,20+,21+/m1/s1. The molecule has 2 aliphatic heterocycles. The Hall–Kier alpha value is -3.44. The van der Waals surface area contributed by atoms with Crippen LogP contribution in [-0.4, -0.2) is 17.9 Å². The number of hydrogen-bond donors (Lipinski definition) is 0. The monoisotopic (exact) mass is 357 g/mol. The summed E-state index contributed by atoms with van der Waals surface area (Å²) in [5.41, 5.74) is 0.910. The summed E-state index contributed by atoms with van der Waals surface area (Å²) in [6, 6.07) is 16.5. The number of ketones is 1. The number of benzene rings is 2. The van der Waals surface area contributed by atoms with Crippen LogP contribution in [0.4, 0.5) is 10.1 Å². The first-order chi connectivity index (χ1) is 13.0. The van der Waals surface area contributed by atoms with E-state index in [0.29, 0.717) is 5.56 Å². The minimum Gasteiger partial charge on any atom is -0.351 e. The molecule has 4 nitrogen and oxygen atoms in total.